The van der Waals surface area contributed by atoms with Gasteiger partial charge in [-0.15, -0.1) is 0 Å². The van der Waals surface area contributed by atoms with Crippen LogP contribution >= 0.6 is 0 Å². The first-order valence-corrected chi connectivity index (χ1v) is 34.7. The molecule has 0 spiro atoms. The summed E-state index contributed by atoms with van der Waals surface area (Å²) in [6.07, 6.45) is 98.9. The van der Waals surface area contributed by atoms with Crippen molar-refractivity contribution in [1.29, 1.82) is 0 Å². The number of rotatable bonds is 62. The van der Waals surface area contributed by atoms with E-state index in [9.17, 15) is 14.4 Å². The Morgan fingerprint density at radius 2 is 0.482 bits per heavy atom. The fourth-order valence-corrected chi connectivity index (χ4v) is 9.43. The molecule has 0 aromatic rings. The largest absolute Gasteiger partial charge is 0.462 e. The average molecular weight is 1150 g/mol. The summed E-state index contributed by atoms with van der Waals surface area (Å²) in [6.45, 7) is 6.48. The van der Waals surface area contributed by atoms with Crippen LogP contribution in [0.2, 0.25) is 0 Å². The van der Waals surface area contributed by atoms with Crippen molar-refractivity contribution in [1.82, 2.24) is 0 Å². The van der Waals surface area contributed by atoms with Gasteiger partial charge in [0.15, 0.2) is 6.10 Å². The molecule has 0 aliphatic heterocycles. The Balaban J connectivity index is 4.51. The van der Waals surface area contributed by atoms with E-state index in [-0.39, 0.29) is 37.5 Å². The van der Waals surface area contributed by atoms with Crippen LogP contribution < -0.4 is 0 Å². The normalized spacial score (nSPS) is 13.0. The van der Waals surface area contributed by atoms with Gasteiger partial charge in [0.05, 0.1) is 0 Å². The van der Waals surface area contributed by atoms with Gasteiger partial charge in [-0.25, -0.2) is 0 Å². The second-order valence-electron chi connectivity index (χ2n) is 22.7. The van der Waals surface area contributed by atoms with Crippen LogP contribution in [-0.2, 0) is 28.6 Å². The third-order valence-corrected chi connectivity index (χ3v) is 14.6. The predicted octanol–water partition coefficient (Wildman–Crippen LogP) is 24.1. The zero-order valence-corrected chi connectivity index (χ0v) is 54.2. The molecule has 0 aliphatic carbocycles. The molecule has 0 fully saturated rings. The van der Waals surface area contributed by atoms with Gasteiger partial charge in [0.2, 0.25) is 0 Å². The van der Waals surface area contributed by atoms with Gasteiger partial charge >= 0.3 is 17.9 Å². The Bertz CT molecular complexity index is 1750. The maximum Gasteiger partial charge on any atom is 0.306 e. The van der Waals surface area contributed by atoms with Crippen LogP contribution in [0.25, 0.3) is 0 Å². The van der Waals surface area contributed by atoms with Crippen LogP contribution in [0.4, 0.5) is 0 Å². The molecular weight excluding hydrogens is 1020 g/mol. The molecule has 0 saturated carbocycles. The molecule has 0 bridgehead atoms. The minimum atomic E-state index is -0.814. The van der Waals surface area contributed by atoms with E-state index in [2.05, 4.69) is 154 Å². The van der Waals surface area contributed by atoms with E-state index in [1.807, 2.05) is 0 Å². The summed E-state index contributed by atoms with van der Waals surface area (Å²) in [5.74, 6) is -0.967. The quantitative estimate of drug-likeness (QED) is 0.0261. The highest BCUT2D eigenvalue weighted by Gasteiger charge is 2.19. The molecule has 6 heteroatoms. The van der Waals surface area contributed by atoms with Crippen LogP contribution in [0.15, 0.2) is 134 Å². The van der Waals surface area contributed by atoms with Gasteiger partial charge in [0.25, 0.3) is 0 Å². The molecule has 1 atom stereocenters. The van der Waals surface area contributed by atoms with Crippen LogP contribution in [-0.4, -0.2) is 37.2 Å². The average Bonchev–Trinajstić information content (AvgIpc) is 3.49. The van der Waals surface area contributed by atoms with Gasteiger partial charge in [0.1, 0.15) is 13.2 Å². The second-order valence-corrected chi connectivity index (χ2v) is 22.7. The first-order chi connectivity index (χ1) is 41.0. The molecule has 0 saturated heterocycles. The summed E-state index contributed by atoms with van der Waals surface area (Å²) in [5, 5.41) is 0. The number of ether oxygens (including phenoxy) is 3. The minimum Gasteiger partial charge on any atom is -0.462 e. The van der Waals surface area contributed by atoms with Crippen molar-refractivity contribution >= 4 is 17.9 Å². The summed E-state index contributed by atoms with van der Waals surface area (Å²) in [7, 11) is 0. The van der Waals surface area contributed by atoms with Gasteiger partial charge in [0, 0.05) is 19.3 Å². The van der Waals surface area contributed by atoms with Gasteiger partial charge in [-0.05, 0) is 135 Å². The van der Waals surface area contributed by atoms with Crippen LogP contribution in [0, 0.1) is 0 Å². The lowest BCUT2D eigenvalue weighted by atomic mass is 10.1. The third kappa shape index (κ3) is 68.2. The number of hydrogen-bond acceptors (Lipinski definition) is 6. The molecule has 0 aliphatic rings. The smallest absolute Gasteiger partial charge is 0.306 e. The van der Waals surface area contributed by atoms with Crippen molar-refractivity contribution in [3.63, 3.8) is 0 Å². The van der Waals surface area contributed by atoms with Gasteiger partial charge in [-0.1, -0.05) is 296 Å². The van der Waals surface area contributed by atoms with Crippen molar-refractivity contribution in [2.45, 2.75) is 322 Å². The molecule has 83 heavy (non-hydrogen) atoms. The molecule has 0 heterocycles. The second kappa shape index (κ2) is 70.0. The molecule has 0 amide bonds. The highest BCUT2D eigenvalue weighted by atomic mass is 16.6. The fourth-order valence-electron chi connectivity index (χ4n) is 9.43. The molecular formula is C77H128O6. The molecule has 0 radical (unpaired) electrons. The standard InChI is InChI=1S/C77H128O6/c1-4-7-10-13-16-19-22-25-28-31-34-36-38-40-43-46-49-52-55-58-61-64-67-70-76(79)82-73-74(72-81-75(78)69-66-63-60-57-54-51-48-45-42-33-30-27-24-21-18-15-12-9-6-3)83-77(80)71-68-65-62-59-56-53-50-47-44-41-39-37-35-32-29-26-23-20-17-14-11-8-5-2/h7,10,16,19,23,25-28,30,32,34-36,39-41,43,49,52,58,61,74H,4-6,8-9,11-15,17-18,20-22,24,29,31,33,37-38,42,44-48,50-51,53-57,59-60,62-73H2,1-3H3/b10-7-,19-16-,26-23-,28-25-,30-27-,35-32-,36-34-,41-39-,43-40-,52-49-,61-58-. The lowest BCUT2D eigenvalue weighted by Gasteiger charge is -2.18. The van der Waals surface area contributed by atoms with Crippen LogP contribution in [0.5, 0.6) is 0 Å². The summed E-state index contributed by atoms with van der Waals surface area (Å²) in [5.41, 5.74) is 0. The molecule has 1 unspecified atom stereocenters. The summed E-state index contributed by atoms with van der Waals surface area (Å²) in [4.78, 5) is 38.5. The van der Waals surface area contributed by atoms with Crippen molar-refractivity contribution < 1.29 is 28.6 Å². The Hall–Kier alpha value is -4.45. The maximum atomic E-state index is 13.0. The highest BCUT2D eigenvalue weighted by molar-refractivity contribution is 5.71. The Labute approximate surface area is 513 Å². The van der Waals surface area contributed by atoms with Crippen LogP contribution in [0.3, 0.4) is 0 Å². The third-order valence-electron chi connectivity index (χ3n) is 14.6. The number of carbonyl (C=O) groups excluding carboxylic acids is 3. The van der Waals surface area contributed by atoms with Gasteiger partial charge in [-0.2, -0.15) is 0 Å². The molecule has 0 aromatic carbocycles. The van der Waals surface area contributed by atoms with E-state index < -0.39 is 6.10 Å². The monoisotopic (exact) mass is 1150 g/mol. The SMILES string of the molecule is CC/C=C\C/C=C\C/C=C\C/C=C\C/C=C\C/C=C\C/C=C\CCCC(=O)OCC(COC(=O)CCCCCCCCCCC/C=C\CCCCCCCC)OC(=O)CCCCCCCCCC/C=C\C/C=C\C/C=C\CCCCCCC. The van der Waals surface area contributed by atoms with Crippen LogP contribution in [0.1, 0.15) is 316 Å². The summed E-state index contributed by atoms with van der Waals surface area (Å²) >= 11 is 0. The van der Waals surface area contributed by atoms with Crippen molar-refractivity contribution in [3.8, 4) is 0 Å². The lowest BCUT2D eigenvalue weighted by Crippen LogP contribution is -2.30. The Morgan fingerprint density at radius 3 is 0.795 bits per heavy atom. The first-order valence-electron chi connectivity index (χ1n) is 34.7. The Kier molecular flexibility index (Phi) is 66.3. The van der Waals surface area contributed by atoms with E-state index >= 15 is 0 Å². The van der Waals surface area contributed by atoms with Gasteiger partial charge < -0.3 is 14.2 Å². The van der Waals surface area contributed by atoms with E-state index in [0.29, 0.717) is 19.3 Å². The molecule has 0 rings (SSSR count). The zero-order valence-electron chi connectivity index (χ0n) is 54.2. The minimum absolute atomic E-state index is 0.103. The molecule has 472 valence electrons. The van der Waals surface area contributed by atoms with Crippen molar-refractivity contribution in [2.75, 3.05) is 13.2 Å². The molecule has 0 aromatic heterocycles. The number of unbranched alkanes of at least 4 members (excludes halogenated alkanes) is 29. The maximum absolute atomic E-state index is 13.0. The van der Waals surface area contributed by atoms with E-state index in [1.54, 1.807) is 0 Å². The summed E-state index contributed by atoms with van der Waals surface area (Å²) < 4.78 is 16.9. The topological polar surface area (TPSA) is 78.9 Å². The number of esters is 3. The van der Waals surface area contributed by atoms with E-state index in [4.69, 9.17) is 14.2 Å². The first kappa shape index (κ1) is 78.5. The number of hydrogen-bond donors (Lipinski definition) is 0. The van der Waals surface area contributed by atoms with E-state index in [1.165, 1.54) is 161 Å². The highest BCUT2D eigenvalue weighted by Crippen LogP contribution is 2.16. The predicted molar refractivity (Wildman–Crippen MR) is 362 cm³/mol. The lowest BCUT2D eigenvalue weighted by molar-refractivity contribution is -0.167. The summed E-state index contributed by atoms with van der Waals surface area (Å²) in [6, 6.07) is 0. The fraction of sp³-hybridized carbons (Fsp3) is 0.675. The van der Waals surface area contributed by atoms with Crippen molar-refractivity contribution in [3.05, 3.63) is 134 Å². The molecule has 6 nitrogen and oxygen atoms in total. The molecule has 0 N–H and O–H groups in total. The number of allylic oxidation sites excluding steroid dienone is 22. The zero-order chi connectivity index (χ0) is 59.9. The van der Waals surface area contributed by atoms with Crippen molar-refractivity contribution in [2.24, 2.45) is 0 Å². The van der Waals surface area contributed by atoms with Gasteiger partial charge in [-0.3, -0.25) is 14.4 Å². The number of carbonyl (C=O) groups is 3. The Morgan fingerprint density at radius 1 is 0.253 bits per heavy atom. The van der Waals surface area contributed by atoms with E-state index in [0.717, 1.165) is 109 Å².